The largest absolute Gasteiger partial charge is 0.487 e. The number of hydrogen-bond donors (Lipinski definition) is 0. The molecule has 1 aromatic carbocycles. The SMILES string of the molecule is CCCCCCCCCCCC[N+](C)(C)CCOc1ccccc1C(=O)CCC. The predicted octanol–water partition coefficient (Wildman–Crippen LogP) is 7.05. The first-order valence-corrected chi connectivity index (χ1v) is 12.1. The number of ether oxygens (including phenoxy) is 1. The number of Topliss-reactive ketones (excluding diaryl/α,β-unsaturated/α-hetero) is 1. The van der Waals surface area contributed by atoms with Gasteiger partial charge in [-0.1, -0.05) is 77.3 Å². The molecule has 0 bridgehead atoms. The molecule has 0 radical (unpaired) electrons. The van der Waals surface area contributed by atoms with Gasteiger partial charge in [0.05, 0.1) is 26.2 Å². The molecule has 0 heterocycles. The topological polar surface area (TPSA) is 26.3 Å². The van der Waals surface area contributed by atoms with Crippen LogP contribution >= 0.6 is 0 Å². The van der Waals surface area contributed by atoms with Gasteiger partial charge in [-0.05, 0) is 31.4 Å². The van der Waals surface area contributed by atoms with E-state index in [1.165, 1.54) is 70.8 Å². The Morgan fingerprint density at radius 3 is 2.00 bits per heavy atom. The summed E-state index contributed by atoms with van der Waals surface area (Å²) in [4.78, 5) is 12.3. The summed E-state index contributed by atoms with van der Waals surface area (Å²) in [6, 6.07) is 7.67. The molecule has 1 rings (SSSR count). The average molecular weight is 405 g/mol. The molecule has 3 heteroatoms. The zero-order valence-electron chi connectivity index (χ0n) is 19.7. The number of quaternary nitrogens is 1. The summed E-state index contributed by atoms with van der Waals surface area (Å²) in [5.74, 6) is 0.923. The minimum Gasteiger partial charge on any atom is -0.487 e. The van der Waals surface area contributed by atoms with Gasteiger partial charge in [0.15, 0.2) is 5.78 Å². The highest BCUT2D eigenvalue weighted by atomic mass is 16.5. The molecule has 1 aromatic rings. The average Bonchev–Trinajstić information content (AvgIpc) is 2.70. The monoisotopic (exact) mass is 404 g/mol. The molecule has 0 amide bonds. The summed E-state index contributed by atoms with van der Waals surface area (Å²) in [5, 5.41) is 0. The standard InChI is InChI=1S/C26H46NO2/c1-5-7-8-9-10-11-12-13-14-17-21-27(3,4)22-23-29-26-20-16-15-19-24(26)25(28)18-6-2/h15-16,19-20H,5-14,17-18,21-23H2,1-4H3/q+1. The van der Waals surface area contributed by atoms with E-state index in [0.29, 0.717) is 13.0 Å². The Bertz CT molecular complexity index is 553. The van der Waals surface area contributed by atoms with Crippen molar-refractivity contribution in [2.24, 2.45) is 0 Å². The Morgan fingerprint density at radius 1 is 0.793 bits per heavy atom. The molecule has 0 atom stereocenters. The molecule has 0 fully saturated rings. The second-order valence-electron chi connectivity index (χ2n) is 9.08. The smallest absolute Gasteiger partial charge is 0.166 e. The first-order valence-electron chi connectivity index (χ1n) is 12.1. The van der Waals surface area contributed by atoms with Crippen molar-refractivity contribution in [1.82, 2.24) is 0 Å². The Labute approximate surface area is 180 Å². The van der Waals surface area contributed by atoms with Gasteiger partial charge in [0.25, 0.3) is 0 Å². The van der Waals surface area contributed by atoms with Gasteiger partial charge < -0.3 is 9.22 Å². The highest BCUT2D eigenvalue weighted by Gasteiger charge is 2.16. The number of para-hydroxylation sites is 1. The van der Waals surface area contributed by atoms with Crippen LogP contribution in [0.2, 0.25) is 0 Å². The second kappa shape index (κ2) is 15.5. The molecular weight excluding hydrogens is 358 g/mol. The van der Waals surface area contributed by atoms with Gasteiger partial charge in [0.2, 0.25) is 0 Å². The van der Waals surface area contributed by atoms with Crippen LogP contribution in [0.4, 0.5) is 0 Å². The van der Waals surface area contributed by atoms with Crippen LogP contribution in [-0.2, 0) is 0 Å². The van der Waals surface area contributed by atoms with E-state index in [1.807, 2.05) is 31.2 Å². The Morgan fingerprint density at radius 2 is 1.38 bits per heavy atom. The summed E-state index contributed by atoms with van der Waals surface area (Å²) < 4.78 is 6.98. The number of rotatable bonds is 18. The van der Waals surface area contributed by atoms with Gasteiger partial charge in [-0.3, -0.25) is 4.79 Å². The number of carbonyl (C=O) groups excluding carboxylic acids is 1. The van der Waals surface area contributed by atoms with Gasteiger partial charge in [0, 0.05) is 6.42 Å². The molecule has 0 unspecified atom stereocenters. The summed E-state index contributed by atoms with van der Waals surface area (Å²) in [6.07, 6.45) is 15.2. The zero-order valence-corrected chi connectivity index (χ0v) is 19.7. The lowest BCUT2D eigenvalue weighted by Gasteiger charge is -2.29. The summed E-state index contributed by atoms with van der Waals surface area (Å²) in [5.41, 5.74) is 0.731. The lowest BCUT2D eigenvalue weighted by atomic mass is 10.1. The first kappa shape index (κ1) is 25.7. The van der Waals surface area contributed by atoms with Crippen LogP contribution in [0.25, 0.3) is 0 Å². The third-order valence-corrected chi connectivity index (χ3v) is 5.74. The number of likely N-dealkylation sites (N-methyl/N-ethyl adjacent to an activating group) is 1. The van der Waals surface area contributed by atoms with Crippen molar-refractivity contribution in [3.05, 3.63) is 29.8 Å². The zero-order chi connectivity index (χ0) is 21.4. The molecule has 0 aliphatic rings. The minimum atomic E-state index is 0.183. The quantitative estimate of drug-likeness (QED) is 0.149. The Hall–Kier alpha value is -1.35. The van der Waals surface area contributed by atoms with Crippen LogP contribution in [0.1, 0.15) is 101 Å². The minimum absolute atomic E-state index is 0.183. The van der Waals surface area contributed by atoms with E-state index in [1.54, 1.807) is 0 Å². The van der Waals surface area contributed by atoms with Crippen molar-refractivity contribution in [1.29, 1.82) is 0 Å². The maximum Gasteiger partial charge on any atom is 0.166 e. The summed E-state index contributed by atoms with van der Waals surface area (Å²) >= 11 is 0. The van der Waals surface area contributed by atoms with Crippen molar-refractivity contribution in [2.75, 3.05) is 33.8 Å². The van der Waals surface area contributed by atoms with Crippen LogP contribution in [0.3, 0.4) is 0 Å². The number of ketones is 1. The van der Waals surface area contributed by atoms with Crippen LogP contribution in [0.5, 0.6) is 5.75 Å². The number of nitrogens with zero attached hydrogens (tertiary/aromatic N) is 1. The lowest BCUT2D eigenvalue weighted by Crippen LogP contribution is -2.43. The van der Waals surface area contributed by atoms with Crippen LogP contribution in [-0.4, -0.2) is 44.1 Å². The van der Waals surface area contributed by atoms with Gasteiger partial charge >= 0.3 is 0 Å². The van der Waals surface area contributed by atoms with E-state index in [4.69, 9.17) is 4.74 Å². The van der Waals surface area contributed by atoms with E-state index in [9.17, 15) is 4.79 Å². The fourth-order valence-electron chi connectivity index (χ4n) is 3.73. The van der Waals surface area contributed by atoms with Crippen LogP contribution in [0.15, 0.2) is 24.3 Å². The second-order valence-corrected chi connectivity index (χ2v) is 9.08. The molecule has 0 saturated carbocycles. The van der Waals surface area contributed by atoms with E-state index in [2.05, 4.69) is 21.0 Å². The molecule has 0 aromatic heterocycles. The summed E-state index contributed by atoms with van der Waals surface area (Å²) in [6.45, 7) is 7.12. The van der Waals surface area contributed by atoms with Gasteiger partial charge in [-0.25, -0.2) is 0 Å². The maximum absolute atomic E-state index is 12.3. The predicted molar refractivity (Wildman–Crippen MR) is 125 cm³/mol. The molecule has 3 nitrogen and oxygen atoms in total. The maximum atomic E-state index is 12.3. The third kappa shape index (κ3) is 12.1. The van der Waals surface area contributed by atoms with Crippen molar-refractivity contribution in [2.45, 2.75) is 90.9 Å². The fraction of sp³-hybridized carbons (Fsp3) is 0.731. The molecular formula is C26H46NO2+. The highest BCUT2D eigenvalue weighted by molar-refractivity contribution is 5.98. The number of carbonyl (C=O) groups is 1. The van der Waals surface area contributed by atoms with Gasteiger partial charge in [-0.2, -0.15) is 0 Å². The Balaban J connectivity index is 2.19. The molecule has 0 aliphatic heterocycles. The fourth-order valence-corrected chi connectivity index (χ4v) is 3.73. The van der Waals surface area contributed by atoms with E-state index >= 15 is 0 Å². The molecule has 0 N–H and O–H groups in total. The van der Waals surface area contributed by atoms with E-state index < -0.39 is 0 Å². The molecule has 29 heavy (non-hydrogen) atoms. The van der Waals surface area contributed by atoms with Crippen LogP contribution in [0, 0.1) is 0 Å². The van der Waals surface area contributed by atoms with Crippen molar-refractivity contribution >= 4 is 5.78 Å². The van der Waals surface area contributed by atoms with Crippen molar-refractivity contribution in [3.8, 4) is 5.75 Å². The normalized spacial score (nSPS) is 11.6. The molecule has 0 saturated heterocycles. The summed E-state index contributed by atoms with van der Waals surface area (Å²) in [7, 11) is 4.57. The van der Waals surface area contributed by atoms with E-state index in [0.717, 1.165) is 28.8 Å². The van der Waals surface area contributed by atoms with Gasteiger partial charge in [-0.15, -0.1) is 0 Å². The third-order valence-electron chi connectivity index (χ3n) is 5.74. The van der Waals surface area contributed by atoms with E-state index in [-0.39, 0.29) is 5.78 Å². The Kier molecular flexibility index (Phi) is 13.7. The first-order chi connectivity index (χ1) is 14.0. The van der Waals surface area contributed by atoms with Crippen molar-refractivity contribution < 1.29 is 14.0 Å². The van der Waals surface area contributed by atoms with Crippen LogP contribution < -0.4 is 4.74 Å². The number of unbranched alkanes of at least 4 members (excludes halogenated alkanes) is 9. The molecule has 166 valence electrons. The lowest BCUT2D eigenvalue weighted by molar-refractivity contribution is -0.890. The van der Waals surface area contributed by atoms with Crippen molar-refractivity contribution in [3.63, 3.8) is 0 Å². The number of benzene rings is 1. The number of hydrogen-bond acceptors (Lipinski definition) is 2. The van der Waals surface area contributed by atoms with Gasteiger partial charge in [0.1, 0.15) is 18.9 Å². The molecule has 0 aliphatic carbocycles. The molecule has 0 spiro atoms. The highest BCUT2D eigenvalue weighted by Crippen LogP contribution is 2.20.